The highest BCUT2D eigenvalue weighted by Crippen LogP contribution is 2.25. The Morgan fingerprint density at radius 3 is 2.74 bits per heavy atom. The summed E-state index contributed by atoms with van der Waals surface area (Å²) in [4.78, 5) is 12.3. The van der Waals surface area contributed by atoms with E-state index in [0.717, 1.165) is 11.1 Å². The van der Waals surface area contributed by atoms with Gasteiger partial charge in [-0.3, -0.25) is 4.79 Å². The molecule has 4 heteroatoms. The molecule has 2 aromatic carbocycles. The average Bonchev–Trinajstić information content (AvgIpc) is 2.85. The van der Waals surface area contributed by atoms with Crippen LogP contribution in [0.15, 0.2) is 36.4 Å². The first-order valence-corrected chi connectivity index (χ1v) is 6.23. The van der Waals surface area contributed by atoms with Crippen LogP contribution in [-0.4, -0.2) is 5.78 Å². The number of benzene rings is 2. The van der Waals surface area contributed by atoms with Crippen LogP contribution in [0.1, 0.15) is 27.0 Å². The molecule has 1 heterocycles. The standard InChI is InChI=1S/C15H10ClFO2/c16-12-2-1-3-13(17)14(12)15(18)9-4-5-10-7-19-8-11(10)6-9/h1-6H,7-8H2. The quantitative estimate of drug-likeness (QED) is 0.781. The molecule has 0 saturated heterocycles. The minimum absolute atomic E-state index is 0.0805. The summed E-state index contributed by atoms with van der Waals surface area (Å²) in [5.74, 6) is -1.01. The summed E-state index contributed by atoms with van der Waals surface area (Å²) in [5.41, 5.74) is 2.38. The van der Waals surface area contributed by atoms with Gasteiger partial charge in [0, 0.05) is 5.56 Å². The largest absolute Gasteiger partial charge is 0.372 e. The highest BCUT2D eigenvalue weighted by molar-refractivity contribution is 6.35. The van der Waals surface area contributed by atoms with Gasteiger partial charge in [0.1, 0.15) is 5.82 Å². The molecule has 0 unspecified atom stereocenters. The van der Waals surface area contributed by atoms with Crippen molar-refractivity contribution >= 4 is 17.4 Å². The second-order valence-electron chi connectivity index (χ2n) is 4.40. The van der Waals surface area contributed by atoms with Gasteiger partial charge in [-0.05, 0) is 29.3 Å². The van der Waals surface area contributed by atoms with Crippen LogP contribution < -0.4 is 0 Å². The lowest BCUT2D eigenvalue weighted by Crippen LogP contribution is -2.06. The first-order valence-electron chi connectivity index (χ1n) is 5.85. The van der Waals surface area contributed by atoms with E-state index in [-0.39, 0.29) is 10.6 Å². The van der Waals surface area contributed by atoms with E-state index < -0.39 is 11.6 Å². The van der Waals surface area contributed by atoms with Crippen LogP contribution in [0.3, 0.4) is 0 Å². The Balaban J connectivity index is 2.05. The van der Waals surface area contributed by atoms with Gasteiger partial charge in [-0.2, -0.15) is 0 Å². The molecule has 0 fully saturated rings. The van der Waals surface area contributed by atoms with E-state index >= 15 is 0 Å². The monoisotopic (exact) mass is 276 g/mol. The van der Waals surface area contributed by atoms with E-state index in [1.807, 2.05) is 6.07 Å². The number of ether oxygens (including phenoxy) is 1. The number of ketones is 1. The van der Waals surface area contributed by atoms with Crippen molar-refractivity contribution in [1.29, 1.82) is 0 Å². The van der Waals surface area contributed by atoms with Crippen molar-refractivity contribution in [3.8, 4) is 0 Å². The Labute approximate surface area is 114 Å². The van der Waals surface area contributed by atoms with Crippen molar-refractivity contribution in [2.24, 2.45) is 0 Å². The molecule has 96 valence electrons. The van der Waals surface area contributed by atoms with Gasteiger partial charge in [0.05, 0.1) is 23.8 Å². The molecule has 19 heavy (non-hydrogen) atoms. The molecule has 0 saturated carbocycles. The predicted octanol–water partition coefficient (Wildman–Crippen LogP) is 3.74. The maximum absolute atomic E-state index is 13.7. The smallest absolute Gasteiger partial charge is 0.197 e. The Morgan fingerprint density at radius 2 is 1.95 bits per heavy atom. The zero-order chi connectivity index (χ0) is 13.4. The lowest BCUT2D eigenvalue weighted by atomic mass is 9.99. The minimum Gasteiger partial charge on any atom is -0.372 e. The number of hydrogen-bond acceptors (Lipinski definition) is 2. The van der Waals surface area contributed by atoms with Crippen LogP contribution in [0, 0.1) is 5.82 Å². The molecule has 2 aromatic rings. The van der Waals surface area contributed by atoms with Crippen LogP contribution in [0.5, 0.6) is 0 Å². The van der Waals surface area contributed by atoms with Gasteiger partial charge in [0.2, 0.25) is 0 Å². The molecule has 3 rings (SSSR count). The van der Waals surface area contributed by atoms with Crippen molar-refractivity contribution in [3.05, 3.63) is 69.5 Å². The molecule has 0 atom stereocenters. The molecule has 0 bridgehead atoms. The maximum atomic E-state index is 13.7. The van der Waals surface area contributed by atoms with Crippen molar-refractivity contribution in [1.82, 2.24) is 0 Å². The Morgan fingerprint density at radius 1 is 1.16 bits per heavy atom. The van der Waals surface area contributed by atoms with Crippen molar-refractivity contribution < 1.29 is 13.9 Å². The van der Waals surface area contributed by atoms with Gasteiger partial charge in [0.15, 0.2) is 5.78 Å². The van der Waals surface area contributed by atoms with Gasteiger partial charge in [-0.1, -0.05) is 29.8 Å². The summed E-state index contributed by atoms with van der Waals surface area (Å²) >= 11 is 5.91. The first kappa shape index (κ1) is 12.3. The summed E-state index contributed by atoms with van der Waals surface area (Å²) in [7, 11) is 0. The lowest BCUT2D eigenvalue weighted by Gasteiger charge is -2.06. The fraction of sp³-hybridized carbons (Fsp3) is 0.133. The van der Waals surface area contributed by atoms with Gasteiger partial charge in [-0.15, -0.1) is 0 Å². The zero-order valence-electron chi connectivity index (χ0n) is 9.95. The molecule has 2 nitrogen and oxygen atoms in total. The fourth-order valence-corrected chi connectivity index (χ4v) is 2.42. The number of carbonyl (C=O) groups excluding carboxylic acids is 1. The van der Waals surface area contributed by atoms with E-state index in [1.165, 1.54) is 18.2 Å². The van der Waals surface area contributed by atoms with E-state index in [2.05, 4.69) is 0 Å². The predicted molar refractivity (Wildman–Crippen MR) is 69.8 cm³/mol. The maximum Gasteiger partial charge on any atom is 0.197 e. The van der Waals surface area contributed by atoms with Crippen molar-refractivity contribution in [3.63, 3.8) is 0 Å². The molecular formula is C15H10ClFO2. The van der Waals surface area contributed by atoms with Crippen LogP contribution >= 0.6 is 11.6 Å². The topological polar surface area (TPSA) is 26.3 Å². The normalized spacial score (nSPS) is 13.4. The third kappa shape index (κ3) is 2.15. The SMILES string of the molecule is O=C(c1ccc2c(c1)COC2)c1c(F)cccc1Cl. The molecule has 0 aliphatic carbocycles. The Bertz CT molecular complexity index is 647. The average molecular weight is 277 g/mol. The van der Waals surface area contributed by atoms with Crippen LogP contribution in [-0.2, 0) is 18.0 Å². The van der Waals surface area contributed by atoms with Crippen molar-refractivity contribution in [2.75, 3.05) is 0 Å². The minimum atomic E-state index is -0.603. The second-order valence-corrected chi connectivity index (χ2v) is 4.81. The summed E-state index contributed by atoms with van der Waals surface area (Å²) < 4.78 is 19.0. The first-order chi connectivity index (χ1) is 9.16. The van der Waals surface area contributed by atoms with E-state index in [9.17, 15) is 9.18 Å². The van der Waals surface area contributed by atoms with Crippen LogP contribution in [0.4, 0.5) is 4.39 Å². The summed E-state index contributed by atoms with van der Waals surface area (Å²) in [6.45, 7) is 1.05. The number of fused-ring (bicyclic) bond motifs is 1. The fourth-order valence-electron chi connectivity index (χ4n) is 2.17. The molecule has 0 aromatic heterocycles. The molecule has 0 N–H and O–H groups in total. The number of halogens is 2. The zero-order valence-corrected chi connectivity index (χ0v) is 10.7. The molecule has 0 spiro atoms. The van der Waals surface area contributed by atoms with E-state index in [0.29, 0.717) is 18.8 Å². The van der Waals surface area contributed by atoms with E-state index in [1.54, 1.807) is 12.1 Å². The van der Waals surface area contributed by atoms with Crippen LogP contribution in [0.2, 0.25) is 5.02 Å². The second kappa shape index (κ2) is 4.76. The lowest BCUT2D eigenvalue weighted by molar-refractivity contribution is 0.103. The third-order valence-electron chi connectivity index (χ3n) is 3.17. The molecular weight excluding hydrogens is 267 g/mol. The highest BCUT2D eigenvalue weighted by Gasteiger charge is 2.20. The Kier molecular flexibility index (Phi) is 3.09. The van der Waals surface area contributed by atoms with E-state index in [4.69, 9.17) is 16.3 Å². The number of carbonyl (C=O) groups is 1. The molecule has 0 radical (unpaired) electrons. The van der Waals surface area contributed by atoms with Gasteiger partial charge in [0.25, 0.3) is 0 Å². The number of rotatable bonds is 2. The summed E-state index contributed by atoms with van der Waals surface area (Å²) in [6.07, 6.45) is 0. The number of hydrogen-bond donors (Lipinski definition) is 0. The van der Waals surface area contributed by atoms with Gasteiger partial charge >= 0.3 is 0 Å². The van der Waals surface area contributed by atoms with Crippen molar-refractivity contribution in [2.45, 2.75) is 13.2 Å². The van der Waals surface area contributed by atoms with Crippen LogP contribution in [0.25, 0.3) is 0 Å². The summed E-state index contributed by atoms with van der Waals surface area (Å²) in [5, 5.41) is 0.127. The molecule has 1 aliphatic heterocycles. The molecule has 1 aliphatic rings. The van der Waals surface area contributed by atoms with Gasteiger partial charge < -0.3 is 4.74 Å². The third-order valence-corrected chi connectivity index (χ3v) is 3.49. The Hall–Kier alpha value is -1.71. The summed E-state index contributed by atoms with van der Waals surface area (Å²) in [6, 6.07) is 9.48. The highest BCUT2D eigenvalue weighted by atomic mass is 35.5. The molecule has 0 amide bonds. The van der Waals surface area contributed by atoms with Gasteiger partial charge in [-0.25, -0.2) is 4.39 Å².